The van der Waals surface area contributed by atoms with Crippen molar-refractivity contribution in [3.63, 3.8) is 0 Å². The van der Waals surface area contributed by atoms with Crippen molar-refractivity contribution in [1.82, 2.24) is 0 Å². The summed E-state index contributed by atoms with van der Waals surface area (Å²) >= 11 is 6.12. The van der Waals surface area contributed by atoms with Gasteiger partial charge in [-0.05, 0) is 73.5 Å². The van der Waals surface area contributed by atoms with Gasteiger partial charge < -0.3 is 28.6 Å². The van der Waals surface area contributed by atoms with Crippen molar-refractivity contribution < 1.29 is 47.2 Å². The second kappa shape index (κ2) is 15.2. The largest absolute Gasteiger partial charge is 0.455 e. The van der Waals surface area contributed by atoms with Crippen LogP contribution in [0.3, 0.4) is 0 Å². The standard InChI is InChI=1S/C31H40I2O10P2S2/c1-16-19(42-46-14-44-32)12-31(38)26(40-27(37)18-9-7-6-8-10-18)24-29(5,20(35)11-21-30(24,13-39-21)41-17(2)34)25(36)23(43-47-15-45-33)22(16)28(31,3)4/h6-10,19-21,23-24,26,35,38,44-45H,11-15H2,1-5H3/t19-,20-,21?,23+,24?,26-,29+,30-,31+,44?,45?/m0/s1/i35D,44D,45D. The normalized spacial score (nSPS) is 39.7. The van der Waals surface area contributed by atoms with Crippen molar-refractivity contribution in [2.45, 2.75) is 89.2 Å². The topological polar surface area (TPSA) is 138 Å². The molecule has 1 aromatic carbocycles. The average Bonchev–Trinajstić information content (AvgIpc) is 3.03. The molecule has 0 radical (unpaired) electrons. The third-order valence-corrected chi connectivity index (χ3v) is 17.8. The number of rotatable bonds is 12. The number of carbonyl (C=O) groups excluding carboxylic acids is 3. The maximum absolute atomic E-state index is 15.5. The van der Waals surface area contributed by atoms with E-state index in [-0.39, 0.29) is 30.5 Å². The molecule has 1 saturated heterocycles. The molecule has 2 N–H and O–H groups in total. The van der Waals surface area contributed by atoms with E-state index < -0.39 is 88.5 Å². The molecule has 1 aromatic rings. The second-order valence-electron chi connectivity index (χ2n) is 13.0. The lowest BCUT2D eigenvalue weighted by Gasteiger charge is -2.67. The molecule has 47 heavy (non-hydrogen) atoms. The van der Waals surface area contributed by atoms with Gasteiger partial charge in [0, 0.05) is 36.2 Å². The van der Waals surface area contributed by atoms with Crippen LogP contribution in [-0.2, 0) is 32.2 Å². The fourth-order valence-corrected chi connectivity index (χ4v) is 11.6. The van der Waals surface area contributed by atoms with E-state index in [1.54, 1.807) is 51.1 Å². The Morgan fingerprint density at radius 1 is 1.15 bits per heavy atom. The van der Waals surface area contributed by atoms with Crippen LogP contribution in [0.15, 0.2) is 41.5 Å². The number of carbonyl (C=O) groups is 3. The van der Waals surface area contributed by atoms with Crippen molar-refractivity contribution in [3.8, 4) is 0 Å². The molecule has 5 rings (SSSR count). The molecule has 1 aliphatic heterocycles. The number of hydrogen-bond donors (Lipinski definition) is 2. The lowest BCUT2D eigenvalue weighted by atomic mass is 9.44. The number of benzene rings is 1. The summed E-state index contributed by atoms with van der Waals surface area (Å²) in [5.41, 5.74) is -4.64. The first-order valence-electron chi connectivity index (χ1n) is 16.3. The van der Waals surface area contributed by atoms with Crippen molar-refractivity contribution in [2.75, 3.05) is 17.6 Å². The Balaban J connectivity index is 1.81. The zero-order valence-corrected chi connectivity index (χ0v) is 34.2. The van der Waals surface area contributed by atoms with E-state index >= 15 is 4.79 Å². The number of ether oxygens (including phenoxy) is 3. The first-order valence-corrected chi connectivity index (χ1v) is 24.6. The summed E-state index contributed by atoms with van der Waals surface area (Å²) in [6.45, 7) is 8.06. The van der Waals surface area contributed by atoms with Gasteiger partial charge in [-0.2, -0.15) is 0 Å². The molecule has 11 atom stereocenters. The van der Waals surface area contributed by atoms with E-state index in [2.05, 4.69) is 0 Å². The van der Waals surface area contributed by atoms with E-state index in [9.17, 15) is 14.7 Å². The summed E-state index contributed by atoms with van der Waals surface area (Å²) in [4.78, 5) is 42.5. The molecule has 4 unspecified atom stereocenters. The minimum Gasteiger partial charge on any atom is -0.455 e. The lowest BCUT2D eigenvalue weighted by Crippen LogP contribution is -2.81. The quantitative estimate of drug-likeness (QED) is 0.0789. The Hall–Kier alpha value is 0.390. The number of Topliss-reactive ketones (excluding diaryl/α,β-unsaturated/α-hetero) is 1. The zero-order valence-electron chi connectivity index (χ0n) is 29.5. The highest BCUT2D eigenvalue weighted by molar-refractivity contribution is 14.2. The maximum Gasteiger partial charge on any atom is 0.338 e. The number of hydrogen-bond acceptors (Lipinski definition) is 12. The van der Waals surface area contributed by atoms with Gasteiger partial charge >= 0.3 is 11.9 Å². The van der Waals surface area contributed by atoms with Crippen LogP contribution in [-0.4, -0.2) is 91.2 Å². The van der Waals surface area contributed by atoms with E-state index in [4.69, 9.17) is 31.7 Å². The fraction of sp³-hybridized carbons (Fsp3) is 0.645. The van der Waals surface area contributed by atoms with Gasteiger partial charge in [0.15, 0.2) is 17.5 Å². The van der Waals surface area contributed by atoms with Crippen LogP contribution in [0.1, 0.15) is 57.8 Å². The van der Waals surface area contributed by atoms with Gasteiger partial charge in [0.05, 0.1) is 38.3 Å². The van der Waals surface area contributed by atoms with Gasteiger partial charge in [0.1, 0.15) is 17.8 Å². The first kappa shape index (κ1) is 34.5. The molecule has 0 aromatic heterocycles. The predicted octanol–water partition coefficient (Wildman–Crippen LogP) is 6.40. The van der Waals surface area contributed by atoms with Crippen molar-refractivity contribution >= 4 is 98.2 Å². The van der Waals surface area contributed by atoms with Crippen LogP contribution in [0.5, 0.6) is 0 Å². The highest BCUT2D eigenvalue weighted by Crippen LogP contribution is 2.64. The number of aliphatic hydroxyl groups is 2. The molecular weight excluding hydrogens is 912 g/mol. The minimum absolute atomic E-state index is 0.00907. The Morgan fingerprint density at radius 2 is 1.81 bits per heavy atom. The smallest absolute Gasteiger partial charge is 0.338 e. The van der Waals surface area contributed by atoms with E-state index in [1.807, 2.05) is 51.0 Å². The summed E-state index contributed by atoms with van der Waals surface area (Å²) in [5.74, 6) is -3.20. The van der Waals surface area contributed by atoms with Crippen molar-refractivity contribution in [1.29, 1.82) is 3.99 Å². The number of halogens is 2. The van der Waals surface area contributed by atoms with Gasteiger partial charge in [0.2, 0.25) is 1.43 Å². The Bertz CT molecular complexity index is 1500. The third kappa shape index (κ3) is 6.63. The number of fused-ring (bicyclic) bond motifs is 5. The minimum atomic E-state index is -1.99. The van der Waals surface area contributed by atoms with Crippen LogP contribution < -0.4 is 0 Å². The average molecular weight is 956 g/mol. The Morgan fingerprint density at radius 3 is 2.38 bits per heavy atom. The van der Waals surface area contributed by atoms with Crippen LogP contribution in [0, 0.1) is 16.7 Å². The maximum atomic E-state index is 15.5. The Labute approximate surface area is 317 Å². The predicted molar refractivity (Wildman–Crippen MR) is 202 cm³/mol. The summed E-state index contributed by atoms with van der Waals surface area (Å²) in [7, 11) is 0. The van der Waals surface area contributed by atoms with Gasteiger partial charge in [-0.25, -0.2) is 4.79 Å². The highest BCUT2D eigenvalue weighted by atomic mass is 127. The SMILES string of the molecule is [2H]O[C@H]1CC2OC[C@@]2(OC(C)=O)C2[C@H](OC(=O)c3ccccc3)[C@]3(O)C[C@H](OSCP([2H])I)C(C)=C([C@@H](OSCP([2H])I)C(=O)[C@@]21C)C3(C)C. The molecule has 3 aliphatic carbocycles. The molecule has 2 saturated carbocycles. The second-order valence-corrected chi connectivity index (χ2v) is 20.5. The number of esters is 2. The lowest BCUT2D eigenvalue weighted by molar-refractivity contribution is -0.345. The van der Waals surface area contributed by atoms with Crippen LogP contribution >= 0.6 is 80.5 Å². The summed E-state index contributed by atoms with van der Waals surface area (Å²) in [6.07, 6.45) is -7.98. The molecule has 3 fully saturated rings. The molecule has 16 heteroatoms. The molecule has 10 nitrogen and oxygen atoms in total. The number of aliphatic hydroxyl groups excluding tert-OH is 1. The molecule has 1 heterocycles. The van der Waals surface area contributed by atoms with Crippen LogP contribution in [0.4, 0.5) is 0 Å². The zero-order chi connectivity index (χ0) is 36.8. The van der Waals surface area contributed by atoms with Crippen LogP contribution in [0.2, 0.25) is 0 Å². The van der Waals surface area contributed by atoms with Gasteiger partial charge in [0.25, 0.3) is 0 Å². The highest BCUT2D eigenvalue weighted by Gasteiger charge is 2.78. The monoisotopic (exact) mass is 955 g/mol. The molecule has 0 spiro atoms. The summed E-state index contributed by atoms with van der Waals surface area (Å²) in [6, 6.07) is 8.27. The number of ketones is 1. The molecule has 0 amide bonds. The van der Waals surface area contributed by atoms with E-state index in [0.717, 1.165) is 24.1 Å². The van der Waals surface area contributed by atoms with Crippen molar-refractivity contribution in [3.05, 3.63) is 47.0 Å². The summed E-state index contributed by atoms with van der Waals surface area (Å²) < 4.78 is 55.6. The van der Waals surface area contributed by atoms with Gasteiger partial charge in [-0.1, -0.05) is 76.1 Å². The van der Waals surface area contributed by atoms with Crippen molar-refractivity contribution in [2.24, 2.45) is 16.7 Å². The van der Waals surface area contributed by atoms with E-state index in [0.29, 0.717) is 16.6 Å². The molecule has 4 aliphatic rings. The third-order valence-electron chi connectivity index (χ3n) is 10.4. The van der Waals surface area contributed by atoms with E-state index in [1.165, 1.54) is 6.92 Å². The molecule has 260 valence electrons. The summed E-state index contributed by atoms with van der Waals surface area (Å²) in [5, 5.41) is 18.8. The molecule has 2 bridgehead atoms. The van der Waals surface area contributed by atoms with Crippen LogP contribution in [0.25, 0.3) is 0 Å². The van der Waals surface area contributed by atoms with Gasteiger partial charge in [-0.3, -0.25) is 13.8 Å². The first-order chi connectivity index (χ1) is 23.5. The van der Waals surface area contributed by atoms with Gasteiger partial charge in [-0.15, -0.1) is 0 Å². The Kier molecular flexibility index (Phi) is 11.1. The molecular formula is C31H40I2O10P2S2. The fourth-order valence-electron chi connectivity index (χ4n) is 8.04.